The number of hydrogen-bond donors (Lipinski definition) is 1. The first-order chi connectivity index (χ1) is 10.2. The number of fused-ring (bicyclic) bond motifs is 1. The molecular weight excluding hydrogens is 266 g/mol. The summed E-state index contributed by atoms with van der Waals surface area (Å²) in [4.78, 5) is 11.4. The Balaban J connectivity index is 1.90. The fraction of sp³-hybridized carbons (Fsp3) is 0.562. The Kier molecular flexibility index (Phi) is 3.90. The lowest BCUT2D eigenvalue weighted by Crippen LogP contribution is -2.20. The molecule has 0 spiro atoms. The monoisotopic (exact) mass is 287 g/mol. The molecule has 1 aromatic carbocycles. The van der Waals surface area contributed by atoms with Crippen LogP contribution in [0.2, 0.25) is 0 Å². The molecule has 0 bridgehead atoms. The van der Waals surface area contributed by atoms with E-state index >= 15 is 0 Å². The fourth-order valence-electron chi connectivity index (χ4n) is 3.51. The van der Waals surface area contributed by atoms with Gasteiger partial charge in [-0.1, -0.05) is 31.0 Å². The fourth-order valence-corrected chi connectivity index (χ4v) is 3.51. The molecule has 21 heavy (non-hydrogen) atoms. The van der Waals surface area contributed by atoms with Crippen LogP contribution in [0.5, 0.6) is 0 Å². The molecule has 5 nitrogen and oxygen atoms in total. The summed E-state index contributed by atoms with van der Waals surface area (Å²) in [6.07, 6.45) is 7.08. The van der Waals surface area contributed by atoms with Gasteiger partial charge in [-0.05, 0) is 43.7 Å². The van der Waals surface area contributed by atoms with Gasteiger partial charge in [0.05, 0.1) is 11.6 Å². The van der Waals surface area contributed by atoms with Crippen LogP contribution < -0.4 is 0 Å². The number of nitrogens with zero attached hydrogens (tertiary/aromatic N) is 3. The molecule has 0 unspecified atom stereocenters. The van der Waals surface area contributed by atoms with Crippen molar-refractivity contribution in [2.75, 3.05) is 0 Å². The summed E-state index contributed by atoms with van der Waals surface area (Å²) >= 11 is 0. The molecule has 112 valence electrons. The van der Waals surface area contributed by atoms with Crippen molar-refractivity contribution >= 4 is 17.0 Å². The van der Waals surface area contributed by atoms with Crippen molar-refractivity contribution in [1.29, 1.82) is 0 Å². The molecule has 0 atom stereocenters. The summed E-state index contributed by atoms with van der Waals surface area (Å²) in [5, 5.41) is 17.7. The quantitative estimate of drug-likeness (QED) is 0.931. The van der Waals surface area contributed by atoms with Crippen LogP contribution >= 0.6 is 0 Å². The maximum absolute atomic E-state index is 11.4. The van der Waals surface area contributed by atoms with Gasteiger partial charge in [0.15, 0.2) is 0 Å². The Morgan fingerprint density at radius 1 is 1.33 bits per heavy atom. The number of carboxylic acid groups (broad SMARTS) is 1. The van der Waals surface area contributed by atoms with Gasteiger partial charge in [-0.3, -0.25) is 0 Å². The maximum Gasteiger partial charge on any atom is 0.337 e. The summed E-state index contributed by atoms with van der Waals surface area (Å²) in [5.41, 5.74) is 1.64. The number of aromatic nitrogens is 3. The van der Waals surface area contributed by atoms with E-state index in [1.165, 1.54) is 25.7 Å². The van der Waals surface area contributed by atoms with Gasteiger partial charge in [0.25, 0.3) is 0 Å². The minimum absolute atomic E-state index is 0.281. The molecule has 3 rings (SSSR count). The Bertz CT molecular complexity index is 642. The molecule has 1 N–H and O–H groups in total. The predicted octanol–water partition coefficient (Wildman–Crippen LogP) is 3.66. The summed E-state index contributed by atoms with van der Waals surface area (Å²) in [5.74, 6) is -0.0937. The minimum atomic E-state index is -0.913. The second-order valence-electron chi connectivity index (χ2n) is 5.98. The Labute approximate surface area is 124 Å². The second kappa shape index (κ2) is 5.84. The van der Waals surface area contributed by atoms with Gasteiger partial charge in [0, 0.05) is 0 Å². The smallest absolute Gasteiger partial charge is 0.337 e. The molecule has 1 heterocycles. The molecule has 1 aromatic heterocycles. The topological polar surface area (TPSA) is 68.0 Å². The number of carboxylic acids is 1. The largest absolute Gasteiger partial charge is 0.478 e. The van der Waals surface area contributed by atoms with Gasteiger partial charge in [0.1, 0.15) is 11.0 Å². The summed E-state index contributed by atoms with van der Waals surface area (Å²) in [6.45, 7) is 2.23. The number of para-hydroxylation sites is 1. The highest BCUT2D eigenvalue weighted by atomic mass is 16.4. The van der Waals surface area contributed by atoms with Gasteiger partial charge in [-0.15, -0.1) is 5.10 Å². The third-order valence-electron chi connectivity index (χ3n) is 4.58. The van der Waals surface area contributed by atoms with E-state index in [1.807, 2.05) is 10.7 Å². The zero-order chi connectivity index (χ0) is 14.8. The summed E-state index contributed by atoms with van der Waals surface area (Å²) < 4.78 is 1.85. The number of carbonyl (C=O) groups is 1. The average Bonchev–Trinajstić information content (AvgIpc) is 2.92. The van der Waals surface area contributed by atoms with Crippen LogP contribution in [0.3, 0.4) is 0 Å². The van der Waals surface area contributed by atoms with Crippen LogP contribution in [-0.4, -0.2) is 26.1 Å². The van der Waals surface area contributed by atoms with Crippen molar-refractivity contribution in [3.63, 3.8) is 0 Å². The van der Waals surface area contributed by atoms with E-state index in [1.54, 1.807) is 12.1 Å². The minimum Gasteiger partial charge on any atom is -0.478 e. The third kappa shape index (κ3) is 2.64. The zero-order valence-electron chi connectivity index (χ0n) is 12.3. The van der Waals surface area contributed by atoms with Crippen molar-refractivity contribution in [3.8, 4) is 0 Å². The first-order valence-electron chi connectivity index (χ1n) is 7.78. The van der Waals surface area contributed by atoms with Crippen LogP contribution in [0.1, 0.15) is 61.8 Å². The van der Waals surface area contributed by atoms with Gasteiger partial charge in [-0.2, -0.15) is 0 Å². The molecular formula is C16H21N3O2. The lowest BCUT2D eigenvalue weighted by atomic mass is 9.83. The van der Waals surface area contributed by atoms with Gasteiger partial charge in [-0.25, -0.2) is 9.48 Å². The van der Waals surface area contributed by atoms with Crippen LogP contribution in [0.25, 0.3) is 11.0 Å². The SMILES string of the molecule is CCCC1CCC(n2nnc3cccc(C(=O)O)c32)CC1. The number of rotatable bonds is 4. The number of hydrogen-bond acceptors (Lipinski definition) is 3. The maximum atomic E-state index is 11.4. The molecule has 0 radical (unpaired) electrons. The second-order valence-corrected chi connectivity index (χ2v) is 5.98. The van der Waals surface area contributed by atoms with E-state index in [9.17, 15) is 9.90 Å². The standard InChI is InChI=1S/C16H21N3O2/c1-2-4-11-7-9-12(10-8-11)19-15-13(16(20)21)5-3-6-14(15)17-18-19/h3,5-6,11-12H,2,4,7-10H2,1H3,(H,20,21). The lowest BCUT2D eigenvalue weighted by Gasteiger charge is -2.28. The summed E-state index contributed by atoms with van der Waals surface area (Å²) in [6, 6.07) is 5.47. The molecule has 0 aliphatic heterocycles. The molecule has 1 saturated carbocycles. The van der Waals surface area contributed by atoms with Crippen molar-refractivity contribution in [1.82, 2.24) is 15.0 Å². The first kappa shape index (κ1) is 14.0. The molecule has 0 saturated heterocycles. The molecule has 5 heteroatoms. The van der Waals surface area contributed by atoms with Crippen LogP contribution in [0.15, 0.2) is 18.2 Å². The molecule has 1 fully saturated rings. The highest BCUT2D eigenvalue weighted by molar-refractivity contribution is 6.00. The van der Waals surface area contributed by atoms with Crippen LogP contribution in [-0.2, 0) is 0 Å². The van der Waals surface area contributed by atoms with E-state index < -0.39 is 5.97 Å². The Hall–Kier alpha value is -1.91. The highest BCUT2D eigenvalue weighted by Crippen LogP contribution is 2.35. The van der Waals surface area contributed by atoms with Crippen LogP contribution in [0, 0.1) is 5.92 Å². The number of benzene rings is 1. The van der Waals surface area contributed by atoms with E-state index in [-0.39, 0.29) is 6.04 Å². The van der Waals surface area contributed by atoms with Crippen molar-refractivity contribution in [3.05, 3.63) is 23.8 Å². The first-order valence-corrected chi connectivity index (χ1v) is 7.78. The molecule has 0 amide bonds. The Morgan fingerprint density at radius 2 is 2.10 bits per heavy atom. The number of aromatic carboxylic acids is 1. The van der Waals surface area contributed by atoms with E-state index in [0.29, 0.717) is 16.6 Å². The predicted molar refractivity (Wildman–Crippen MR) is 80.4 cm³/mol. The molecule has 1 aliphatic carbocycles. The van der Waals surface area contributed by atoms with E-state index in [0.717, 1.165) is 18.8 Å². The van der Waals surface area contributed by atoms with Crippen LogP contribution in [0.4, 0.5) is 0 Å². The van der Waals surface area contributed by atoms with Gasteiger partial charge >= 0.3 is 5.97 Å². The van der Waals surface area contributed by atoms with E-state index in [4.69, 9.17) is 0 Å². The summed E-state index contributed by atoms with van der Waals surface area (Å²) in [7, 11) is 0. The van der Waals surface area contributed by atoms with Gasteiger partial charge in [0.2, 0.25) is 0 Å². The average molecular weight is 287 g/mol. The van der Waals surface area contributed by atoms with Gasteiger partial charge < -0.3 is 5.11 Å². The molecule has 2 aromatic rings. The van der Waals surface area contributed by atoms with E-state index in [2.05, 4.69) is 17.2 Å². The highest BCUT2D eigenvalue weighted by Gasteiger charge is 2.25. The van der Waals surface area contributed by atoms with Crippen molar-refractivity contribution in [2.45, 2.75) is 51.5 Å². The zero-order valence-corrected chi connectivity index (χ0v) is 12.3. The normalized spacial score (nSPS) is 22.5. The van der Waals surface area contributed by atoms with Crippen molar-refractivity contribution < 1.29 is 9.90 Å². The lowest BCUT2D eigenvalue weighted by molar-refractivity contribution is 0.0698. The van der Waals surface area contributed by atoms with Crippen molar-refractivity contribution in [2.24, 2.45) is 5.92 Å². The molecule has 1 aliphatic rings. The third-order valence-corrected chi connectivity index (χ3v) is 4.58. The Morgan fingerprint density at radius 3 is 2.76 bits per heavy atom.